The highest BCUT2D eigenvalue weighted by atomic mass is 16.5. The zero-order chi connectivity index (χ0) is 9.40. The lowest BCUT2D eigenvalue weighted by Crippen LogP contribution is -2.09. The average Bonchev–Trinajstić information content (AvgIpc) is 2.03. The predicted octanol–water partition coefficient (Wildman–Crippen LogP) is 0.325. The van der Waals surface area contributed by atoms with Gasteiger partial charge in [-0.05, 0) is 6.08 Å². The van der Waals surface area contributed by atoms with Crippen LogP contribution in [0.3, 0.4) is 0 Å². The Kier molecular flexibility index (Phi) is 5.08. The van der Waals surface area contributed by atoms with Crippen LogP contribution in [0.5, 0.6) is 0 Å². The van der Waals surface area contributed by atoms with Gasteiger partial charge in [0, 0.05) is 6.08 Å². The van der Waals surface area contributed by atoms with Crippen molar-refractivity contribution in [2.45, 2.75) is 0 Å². The average molecular weight is 171 g/mol. The zero-order valence-corrected chi connectivity index (χ0v) is 6.36. The molecule has 5 heteroatoms. The second-order valence-corrected chi connectivity index (χ2v) is 1.64. The Morgan fingerprint density at radius 3 is 2.67 bits per heavy atom. The maximum Gasteiger partial charge on any atom is 0.409 e. The molecular weight excluding hydrogens is 162 g/mol. The monoisotopic (exact) mass is 171 g/mol. The minimum absolute atomic E-state index is 0.0120. The normalized spacial score (nSPS) is 9.33. The molecule has 0 bridgehead atoms. The van der Waals surface area contributed by atoms with Crippen LogP contribution in [-0.4, -0.2) is 18.7 Å². The molecule has 0 heterocycles. The minimum Gasteiger partial charge on any atom is -0.458 e. The van der Waals surface area contributed by atoms with Crippen LogP contribution in [0.25, 0.3) is 0 Å². The van der Waals surface area contributed by atoms with Gasteiger partial charge in [0.2, 0.25) is 0 Å². The summed E-state index contributed by atoms with van der Waals surface area (Å²) in [6.07, 6.45) is 2.48. The third kappa shape index (κ3) is 6.34. The van der Waals surface area contributed by atoms with Crippen molar-refractivity contribution in [2.75, 3.05) is 6.61 Å². The van der Waals surface area contributed by atoms with Gasteiger partial charge in [-0.3, -0.25) is 0 Å². The number of hydrogen-bond acceptors (Lipinski definition) is 4. The maximum atomic E-state index is 10.4. The van der Waals surface area contributed by atoms with Gasteiger partial charge in [0.15, 0.2) is 0 Å². The summed E-state index contributed by atoms with van der Waals surface area (Å²) in [6.45, 7) is 3.20. The van der Waals surface area contributed by atoms with Gasteiger partial charge in [0.05, 0.1) is 6.26 Å². The molecule has 0 unspecified atom stereocenters. The van der Waals surface area contributed by atoms with E-state index in [-0.39, 0.29) is 6.61 Å². The van der Waals surface area contributed by atoms with Gasteiger partial charge in [-0.2, -0.15) is 0 Å². The number of amides is 1. The molecule has 0 aliphatic rings. The number of primary amides is 1. The highest BCUT2D eigenvalue weighted by molar-refractivity contribution is 5.81. The quantitative estimate of drug-likeness (QED) is 0.375. The Balaban J connectivity index is 3.42. The largest absolute Gasteiger partial charge is 0.458 e. The van der Waals surface area contributed by atoms with Crippen molar-refractivity contribution in [2.24, 2.45) is 5.73 Å². The lowest BCUT2D eigenvalue weighted by atomic mass is 10.6. The lowest BCUT2D eigenvalue weighted by Gasteiger charge is -1.94. The summed E-state index contributed by atoms with van der Waals surface area (Å²) in [5, 5.41) is 0. The number of ether oxygens (including phenoxy) is 2. The Morgan fingerprint density at radius 2 is 2.17 bits per heavy atom. The fraction of sp³-hybridized carbons (Fsp3) is 0.143. The van der Waals surface area contributed by atoms with Crippen LogP contribution in [0.4, 0.5) is 4.79 Å². The van der Waals surface area contributed by atoms with Crippen molar-refractivity contribution in [3.63, 3.8) is 0 Å². The topological polar surface area (TPSA) is 78.6 Å². The number of hydrogen-bond donors (Lipinski definition) is 1. The van der Waals surface area contributed by atoms with E-state index in [9.17, 15) is 9.59 Å². The first-order valence-corrected chi connectivity index (χ1v) is 3.07. The fourth-order valence-corrected chi connectivity index (χ4v) is 0.344. The molecule has 0 saturated carbocycles. The van der Waals surface area contributed by atoms with Gasteiger partial charge < -0.3 is 15.2 Å². The van der Waals surface area contributed by atoms with E-state index in [1.165, 1.54) is 6.08 Å². The molecule has 0 aromatic carbocycles. The van der Waals surface area contributed by atoms with Crippen LogP contribution in [0, 0.1) is 0 Å². The van der Waals surface area contributed by atoms with Crippen LogP contribution >= 0.6 is 0 Å². The fourth-order valence-electron chi connectivity index (χ4n) is 0.344. The van der Waals surface area contributed by atoms with Crippen molar-refractivity contribution in [1.29, 1.82) is 0 Å². The molecule has 66 valence electrons. The summed E-state index contributed by atoms with van der Waals surface area (Å²) in [7, 11) is 0. The van der Waals surface area contributed by atoms with Crippen molar-refractivity contribution >= 4 is 12.1 Å². The lowest BCUT2D eigenvalue weighted by molar-refractivity contribution is -0.136. The summed E-state index contributed by atoms with van der Waals surface area (Å²) >= 11 is 0. The molecule has 2 N–H and O–H groups in total. The molecule has 0 aliphatic heterocycles. The third-order valence-corrected chi connectivity index (χ3v) is 0.769. The Morgan fingerprint density at radius 1 is 1.50 bits per heavy atom. The van der Waals surface area contributed by atoms with Gasteiger partial charge in [-0.1, -0.05) is 6.58 Å². The predicted molar refractivity (Wildman–Crippen MR) is 41.0 cm³/mol. The number of nitrogens with two attached hydrogens (primary N) is 1. The first kappa shape index (κ1) is 10.2. The maximum absolute atomic E-state index is 10.4. The smallest absolute Gasteiger partial charge is 0.409 e. The first-order valence-electron chi connectivity index (χ1n) is 3.07. The molecule has 0 atom stereocenters. The first-order chi connectivity index (χ1) is 5.66. The minimum atomic E-state index is -0.915. The molecule has 5 nitrogen and oxygen atoms in total. The van der Waals surface area contributed by atoms with E-state index >= 15 is 0 Å². The molecule has 1 amide bonds. The van der Waals surface area contributed by atoms with E-state index in [1.54, 1.807) is 0 Å². The van der Waals surface area contributed by atoms with Crippen molar-refractivity contribution < 1.29 is 19.1 Å². The number of carbonyl (C=O) groups excluding carboxylic acids is 2. The van der Waals surface area contributed by atoms with Crippen molar-refractivity contribution in [3.05, 3.63) is 25.0 Å². The van der Waals surface area contributed by atoms with Crippen molar-refractivity contribution in [1.82, 2.24) is 0 Å². The van der Waals surface area contributed by atoms with Crippen LogP contribution in [-0.2, 0) is 14.3 Å². The van der Waals surface area contributed by atoms with Crippen molar-refractivity contribution in [3.8, 4) is 0 Å². The van der Waals surface area contributed by atoms with Crippen LogP contribution in [0.15, 0.2) is 25.0 Å². The molecule has 0 aromatic heterocycles. The Hall–Kier alpha value is -1.78. The highest BCUT2D eigenvalue weighted by Gasteiger charge is 1.90. The molecule has 12 heavy (non-hydrogen) atoms. The molecule has 0 radical (unpaired) electrons. The van der Waals surface area contributed by atoms with Gasteiger partial charge >= 0.3 is 12.1 Å². The molecule has 0 aromatic rings. The van der Waals surface area contributed by atoms with E-state index in [2.05, 4.69) is 21.8 Å². The van der Waals surface area contributed by atoms with Crippen LogP contribution in [0.2, 0.25) is 0 Å². The van der Waals surface area contributed by atoms with E-state index in [0.717, 1.165) is 12.3 Å². The van der Waals surface area contributed by atoms with Gasteiger partial charge in [0.25, 0.3) is 0 Å². The standard InChI is InChI=1S/C7H9NO4/c1-2-6(9)11-4-3-5-12-7(8)10/h2-3,5H,1,4H2,(H2,8,10). The summed E-state index contributed by atoms with van der Waals surface area (Å²) in [4.78, 5) is 20.4. The second kappa shape index (κ2) is 5.96. The molecule has 0 aliphatic carbocycles. The van der Waals surface area contributed by atoms with Gasteiger partial charge in [-0.25, -0.2) is 9.59 Å². The zero-order valence-electron chi connectivity index (χ0n) is 6.36. The van der Waals surface area contributed by atoms with Crippen LogP contribution in [0.1, 0.15) is 0 Å². The van der Waals surface area contributed by atoms with Crippen LogP contribution < -0.4 is 5.73 Å². The summed E-state index contributed by atoms with van der Waals surface area (Å²) < 4.78 is 8.70. The van der Waals surface area contributed by atoms with E-state index in [0.29, 0.717) is 0 Å². The molecule has 0 rings (SSSR count). The van der Waals surface area contributed by atoms with E-state index in [4.69, 9.17) is 0 Å². The Labute approximate surface area is 69.4 Å². The highest BCUT2D eigenvalue weighted by Crippen LogP contribution is 1.82. The molecule has 0 spiro atoms. The molecule has 0 fully saturated rings. The van der Waals surface area contributed by atoms with E-state index in [1.807, 2.05) is 0 Å². The SMILES string of the molecule is C=CC(=O)OCC=COC(N)=O. The second-order valence-electron chi connectivity index (χ2n) is 1.64. The summed E-state index contributed by atoms with van der Waals surface area (Å²) in [6, 6.07) is 0. The number of rotatable bonds is 4. The third-order valence-electron chi connectivity index (χ3n) is 0.769. The number of esters is 1. The molecule has 0 saturated heterocycles. The van der Waals surface area contributed by atoms with Gasteiger partial charge in [0.1, 0.15) is 6.61 Å². The summed E-state index contributed by atoms with van der Waals surface area (Å²) in [5.41, 5.74) is 4.62. The Bertz CT molecular complexity index is 209. The number of carbonyl (C=O) groups is 2. The summed E-state index contributed by atoms with van der Waals surface area (Å²) in [5.74, 6) is -0.543. The van der Waals surface area contributed by atoms with Gasteiger partial charge in [-0.15, -0.1) is 0 Å². The molecular formula is C7H9NO4. The van der Waals surface area contributed by atoms with E-state index < -0.39 is 12.1 Å².